The molecule has 0 spiro atoms. The molecule has 0 radical (unpaired) electrons. The predicted octanol–water partition coefficient (Wildman–Crippen LogP) is 4.01. The van der Waals surface area contributed by atoms with E-state index in [9.17, 15) is 4.39 Å². The Balaban J connectivity index is 2.26. The van der Waals surface area contributed by atoms with Gasteiger partial charge < -0.3 is 0 Å². The van der Waals surface area contributed by atoms with Crippen LogP contribution in [0, 0.1) is 19.7 Å². The summed E-state index contributed by atoms with van der Waals surface area (Å²) < 4.78 is 14.7. The van der Waals surface area contributed by atoms with Crippen LogP contribution >= 0.6 is 27.3 Å². The maximum atomic E-state index is 13.8. The largest absolute Gasteiger partial charge is 0.271 e. The van der Waals surface area contributed by atoms with Crippen molar-refractivity contribution in [1.82, 2.24) is 5.43 Å². The van der Waals surface area contributed by atoms with Gasteiger partial charge in [-0.05, 0) is 55.7 Å². The van der Waals surface area contributed by atoms with Crippen LogP contribution in [-0.4, -0.2) is 0 Å². The fraction of sp³-hybridized carbons (Fsp3) is 0.286. The maximum absolute atomic E-state index is 13.8. The zero-order valence-corrected chi connectivity index (χ0v) is 13.2. The van der Waals surface area contributed by atoms with Crippen LogP contribution in [0.4, 0.5) is 4.39 Å². The second kappa shape index (κ2) is 6.13. The summed E-state index contributed by atoms with van der Waals surface area (Å²) in [5, 5.41) is 0. The summed E-state index contributed by atoms with van der Waals surface area (Å²) in [5.74, 6) is 5.42. The van der Waals surface area contributed by atoms with Crippen LogP contribution < -0.4 is 11.3 Å². The van der Waals surface area contributed by atoms with Crippen LogP contribution in [0.5, 0.6) is 0 Å². The Morgan fingerprint density at radius 2 is 2.11 bits per heavy atom. The van der Waals surface area contributed by atoms with E-state index in [1.165, 1.54) is 16.5 Å². The summed E-state index contributed by atoms with van der Waals surface area (Å²) in [6.07, 6.45) is 0.529. The fourth-order valence-electron chi connectivity index (χ4n) is 1.93. The second-order valence-electron chi connectivity index (χ2n) is 4.55. The summed E-state index contributed by atoms with van der Waals surface area (Å²) in [7, 11) is 0. The third kappa shape index (κ3) is 3.42. The number of hydrogen-bond donors (Lipinski definition) is 2. The van der Waals surface area contributed by atoms with E-state index >= 15 is 0 Å². The van der Waals surface area contributed by atoms with Crippen molar-refractivity contribution in [2.75, 3.05) is 0 Å². The monoisotopic (exact) mass is 342 g/mol. The summed E-state index contributed by atoms with van der Waals surface area (Å²) in [4.78, 5) is 2.40. The molecule has 1 aromatic carbocycles. The first-order valence-electron chi connectivity index (χ1n) is 5.98. The van der Waals surface area contributed by atoms with Gasteiger partial charge in [0.15, 0.2) is 0 Å². The van der Waals surface area contributed by atoms with E-state index in [1.54, 1.807) is 23.5 Å². The molecular weight excluding hydrogens is 327 g/mol. The number of thiophene rings is 1. The Hall–Kier alpha value is -0.750. The molecule has 0 aliphatic rings. The van der Waals surface area contributed by atoms with E-state index in [0.29, 0.717) is 12.0 Å². The maximum Gasteiger partial charge on any atom is 0.126 e. The van der Waals surface area contributed by atoms with Crippen LogP contribution in [0.15, 0.2) is 28.7 Å². The van der Waals surface area contributed by atoms with E-state index in [2.05, 4.69) is 41.3 Å². The number of benzene rings is 1. The van der Waals surface area contributed by atoms with Crippen molar-refractivity contribution in [3.63, 3.8) is 0 Å². The van der Waals surface area contributed by atoms with Crippen molar-refractivity contribution in [3.8, 4) is 0 Å². The number of aryl methyl sites for hydroxylation is 2. The smallest absolute Gasteiger partial charge is 0.126 e. The molecule has 0 amide bonds. The minimum absolute atomic E-state index is 0.0683. The van der Waals surface area contributed by atoms with Gasteiger partial charge in [0.25, 0.3) is 0 Å². The predicted molar refractivity (Wildman–Crippen MR) is 81.7 cm³/mol. The number of hydrazine groups is 1. The molecule has 2 aromatic rings. The Morgan fingerprint density at radius 3 is 2.68 bits per heavy atom. The van der Waals surface area contributed by atoms with E-state index < -0.39 is 0 Å². The first-order chi connectivity index (χ1) is 9.01. The van der Waals surface area contributed by atoms with Crippen molar-refractivity contribution in [2.45, 2.75) is 26.3 Å². The highest BCUT2D eigenvalue weighted by molar-refractivity contribution is 9.10. The number of halogens is 2. The van der Waals surface area contributed by atoms with Gasteiger partial charge in [-0.3, -0.25) is 11.3 Å². The minimum atomic E-state index is -0.201. The van der Waals surface area contributed by atoms with Crippen LogP contribution in [0.2, 0.25) is 0 Å². The highest BCUT2D eigenvalue weighted by atomic mass is 79.9. The van der Waals surface area contributed by atoms with Crippen molar-refractivity contribution in [2.24, 2.45) is 5.84 Å². The molecule has 0 fully saturated rings. The quantitative estimate of drug-likeness (QED) is 0.650. The van der Waals surface area contributed by atoms with E-state index in [0.717, 1.165) is 9.35 Å². The molecule has 1 atom stereocenters. The molecule has 102 valence electrons. The standard InChI is InChI=1S/C14H16BrFN2S/c1-8-5-14(19-9(8)2)13(18-17)7-10-6-11(15)3-4-12(10)16/h3-6,13,18H,7,17H2,1-2H3. The number of rotatable bonds is 4. The third-order valence-electron chi connectivity index (χ3n) is 3.16. The summed E-state index contributed by atoms with van der Waals surface area (Å²) in [6, 6.07) is 7.01. The molecular formula is C14H16BrFN2S. The fourth-order valence-corrected chi connectivity index (χ4v) is 3.45. The third-order valence-corrected chi connectivity index (χ3v) is 4.92. The van der Waals surface area contributed by atoms with E-state index in [1.807, 2.05) is 0 Å². The van der Waals surface area contributed by atoms with Crippen LogP contribution in [-0.2, 0) is 6.42 Å². The Kier molecular flexibility index (Phi) is 4.73. The molecule has 0 saturated carbocycles. The normalized spacial score (nSPS) is 12.7. The summed E-state index contributed by atoms with van der Waals surface area (Å²) in [6.45, 7) is 4.15. The molecule has 0 aliphatic carbocycles. The van der Waals surface area contributed by atoms with Crippen molar-refractivity contribution >= 4 is 27.3 Å². The van der Waals surface area contributed by atoms with Gasteiger partial charge in [-0.1, -0.05) is 15.9 Å². The first-order valence-corrected chi connectivity index (χ1v) is 7.59. The van der Waals surface area contributed by atoms with Gasteiger partial charge in [-0.2, -0.15) is 0 Å². The molecule has 1 unspecified atom stereocenters. The molecule has 2 nitrogen and oxygen atoms in total. The molecule has 3 N–H and O–H groups in total. The molecule has 19 heavy (non-hydrogen) atoms. The van der Waals surface area contributed by atoms with Gasteiger partial charge >= 0.3 is 0 Å². The highest BCUT2D eigenvalue weighted by Gasteiger charge is 2.16. The Morgan fingerprint density at radius 1 is 1.37 bits per heavy atom. The van der Waals surface area contributed by atoms with Crippen LogP contribution in [0.1, 0.15) is 26.9 Å². The topological polar surface area (TPSA) is 38.0 Å². The van der Waals surface area contributed by atoms with Crippen molar-refractivity contribution < 1.29 is 4.39 Å². The lowest BCUT2D eigenvalue weighted by Gasteiger charge is -2.15. The molecule has 1 aromatic heterocycles. The SMILES string of the molecule is Cc1cc(C(Cc2cc(Br)ccc2F)NN)sc1C. The highest BCUT2D eigenvalue weighted by Crippen LogP contribution is 2.29. The van der Waals surface area contributed by atoms with Gasteiger partial charge in [0.1, 0.15) is 5.82 Å². The number of hydrogen-bond acceptors (Lipinski definition) is 3. The molecule has 5 heteroatoms. The van der Waals surface area contributed by atoms with E-state index in [4.69, 9.17) is 5.84 Å². The molecule has 0 saturated heterocycles. The lowest BCUT2D eigenvalue weighted by atomic mass is 10.0. The Labute approximate surface area is 124 Å². The number of nitrogens with one attached hydrogen (secondary N) is 1. The minimum Gasteiger partial charge on any atom is -0.271 e. The first kappa shape index (κ1) is 14.7. The second-order valence-corrected chi connectivity index (χ2v) is 6.75. The van der Waals surface area contributed by atoms with Gasteiger partial charge in [0.05, 0.1) is 6.04 Å². The summed E-state index contributed by atoms with van der Waals surface area (Å²) >= 11 is 5.06. The zero-order valence-electron chi connectivity index (χ0n) is 10.8. The zero-order chi connectivity index (χ0) is 14.0. The average molecular weight is 343 g/mol. The molecule has 1 heterocycles. The van der Waals surface area contributed by atoms with Crippen LogP contribution in [0.25, 0.3) is 0 Å². The average Bonchev–Trinajstić information content (AvgIpc) is 2.70. The van der Waals surface area contributed by atoms with Gasteiger partial charge in [-0.15, -0.1) is 11.3 Å². The molecule has 2 rings (SSSR count). The molecule has 0 bridgehead atoms. The summed E-state index contributed by atoms with van der Waals surface area (Å²) in [5.41, 5.74) is 4.68. The lowest BCUT2D eigenvalue weighted by Crippen LogP contribution is -2.29. The van der Waals surface area contributed by atoms with Gasteiger partial charge in [0.2, 0.25) is 0 Å². The van der Waals surface area contributed by atoms with Crippen LogP contribution in [0.3, 0.4) is 0 Å². The Bertz CT molecular complexity index is 563. The van der Waals surface area contributed by atoms with Gasteiger partial charge in [-0.25, -0.2) is 4.39 Å². The number of nitrogens with two attached hydrogens (primary N) is 1. The lowest BCUT2D eigenvalue weighted by molar-refractivity contribution is 0.535. The van der Waals surface area contributed by atoms with Gasteiger partial charge in [0, 0.05) is 14.2 Å². The molecule has 0 aliphatic heterocycles. The van der Waals surface area contributed by atoms with Crippen molar-refractivity contribution in [3.05, 3.63) is 55.4 Å². The van der Waals surface area contributed by atoms with E-state index in [-0.39, 0.29) is 11.9 Å². The van der Waals surface area contributed by atoms with Crippen molar-refractivity contribution in [1.29, 1.82) is 0 Å².